The number of benzene rings is 1. The van der Waals surface area contributed by atoms with Crippen LogP contribution in [0.5, 0.6) is 5.75 Å². The van der Waals surface area contributed by atoms with E-state index in [0.717, 1.165) is 0 Å². The van der Waals surface area contributed by atoms with Crippen LogP contribution in [0.25, 0.3) is 11.4 Å². The predicted molar refractivity (Wildman–Crippen MR) is 135 cm³/mol. The lowest BCUT2D eigenvalue weighted by Crippen LogP contribution is -2.37. The fourth-order valence-electron chi connectivity index (χ4n) is 3.13. The third-order valence-electron chi connectivity index (χ3n) is 4.62. The Morgan fingerprint density at radius 2 is 1.86 bits per heavy atom. The number of aryl methyl sites for hydroxylation is 1. The van der Waals surface area contributed by atoms with Gasteiger partial charge in [0.25, 0.3) is 5.91 Å². The lowest BCUT2D eigenvalue weighted by molar-refractivity contribution is -0.115. The molecule has 0 aliphatic carbocycles. The molecule has 1 aromatic carbocycles. The average molecular weight is 512 g/mol. The first kappa shape index (κ1) is 26.8. The van der Waals surface area contributed by atoms with E-state index in [1.54, 1.807) is 57.0 Å². The molecule has 3 rings (SSSR count). The second-order valence-corrected chi connectivity index (χ2v) is 8.73. The molecule has 0 fully saturated rings. The lowest BCUT2D eigenvalue weighted by Gasteiger charge is -2.19. The summed E-state index contributed by atoms with van der Waals surface area (Å²) >= 11 is 0. The molecule has 0 atom stereocenters. The smallest absolute Gasteiger partial charge is 0.408 e. The second kappa shape index (κ2) is 11.3. The summed E-state index contributed by atoms with van der Waals surface area (Å²) in [5, 5.41) is 22.7. The standard InChI is InChI=1S/C23H29N9O5/c1-23(2,3)37-22(35)25-11-17(33)28-16-10-15(18(30-29-16)21(34)24-4)27-14-9-7-8-13(19(14)36-6)20-26-12-32(5)31-20/h7-10,12H,11H2,1-6H3,(H,24,34)(H,25,35)(H2,27,28,29,33). The minimum absolute atomic E-state index is 0.0178. The van der Waals surface area contributed by atoms with Crippen molar-refractivity contribution in [2.75, 3.05) is 31.3 Å². The van der Waals surface area contributed by atoms with Crippen LogP contribution in [0, 0.1) is 0 Å². The maximum absolute atomic E-state index is 12.4. The fourth-order valence-corrected chi connectivity index (χ4v) is 3.13. The summed E-state index contributed by atoms with van der Waals surface area (Å²) in [7, 11) is 4.71. The molecule has 196 valence electrons. The van der Waals surface area contributed by atoms with E-state index in [1.807, 2.05) is 0 Å². The van der Waals surface area contributed by atoms with Crippen molar-refractivity contribution in [2.45, 2.75) is 26.4 Å². The van der Waals surface area contributed by atoms with Gasteiger partial charge in [-0.15, -0.1) is 10.2 Å². The predicted octanol–water partition coefficient (Wildman–Crippen LogP) is 1.85. The van der Waals surface area contributed by atoms with Crippen LogP contribution in [-0.4, -0.2) is 69.2 Å². The molecule has 0 aliphatic rings. The van der Waals surface area contributed by atoms with Crippen LogP contribution in [-0.2, 0) is 16.6 Å². The number of nitrogens with one attached hydrogen (secondary N) is 4. The topological polar surface area (TPSA) is 174 Å². The normalized spacial score (nSPS) is 10.9. The molecular formula is C23H29N9O5. The minimum atomic E-state index is -0.736. The Bertz CT molecular complexity index is 1300. The Morgan fingerprint density at radius 3 is 2.49 bits per heavy atom. The first-order chi connectivity index (χ1) is 17.5. The Labute approximate surface area is 213 Å². The zero-order chi connectivity index (χ0) is 27.2. The molecule has 4 N–H and O–H groups in total. The number of carbonyl (C=O) groups excluding carboxylic acids is 3. The van der Waals surface area contributed by atoms with Gasteiger partial charge in [-0.3, -0.25) is 14.3 Å². The number of alkyl carbamates (subject to hydrolysis) is 1. The first-order valence-electron chi connectivity index (χ1n) is 11.2. The number of hydrogen-bond donors (Lipinski definition) is 4. The van der Waals surface area contributed by atoms with Gasteiger partial charge in [0.05, 0.1) is 24.0 Å². The highest BCUT2D eigenvalue weighted by Crippen LogP contribution is 2.37. The van der Waals surface area contributed by atoms with E-state index in [2.05, 4.69) is 41.5 Å². The molecule has 2 heterocycles. The maximum atomic E-state index is 12.4. The summed E-state index contributed by atoms with van der Waals surface area (Å²) in [5.74, 6) is -0.137. The van der Waals surface area contributed by atoms with Crippen LogP contribution in [0.4, 0.5) is 22.0 Å². The highest BCUT2D eigenvalue weighted by molar-refractivity contribution is 6.00. The van der Waals surface area contributed by atoms with E-state index in [9.17, 15) is 14.4 Å². The molecule has 0 saturated heterocycles. The molecule has 0 saturated carbocycles. The average Bonchev–Trinajstić information content (AvgIpc) is 3.27. The number of para-hydroxylation sites is 1. The van der Waals surface area contributed by atoms with Crippen LogP contribution >= 0.6 is 0 Å². The molecule has 37 heavy (non-hydrogen) atoms. The Morgan fingerprint density at radius 1 is 1.11 bits per heavy atom. The molecule has 2 aromatic heterocycles. The number of anilines is 3. The van der Waals surface area contributed by atoms with Crippen molar-refractivity contribution in [1.82, 2.24) is 35.6 Å². The van der Waals surface area contributed by atoms with Crippen molar-refractivity contribution >= 4 is 35.1 Å². The fraction of sp³-hybridized carbons (Fsp3) is 0.348. The van der Waals surface area contributed by atoms with Gasteiger partial charge in [0.2, 0.25) is 5.91 Å². The number of hydrogen-bond acceptors (Lipinski definition) is 10. The number of nitrogens with zero attached hydrogens (tertiary/aromatic N) is 5. The molecule has 3 aromatic rings. The van der Waals surface area contributed by atoms with Gasteiger partial charge in [-0.2, -0.15) is 5.10 Å². The van der Waals surface area contributed by atoms with Gasteiger partial charge in [-0.05, 0) is 32.9 Å². The van der Waals surface area contributed by atoms with Crippen molar-refractivity contribution in [3.05, 3.63) is 36.3 Å². The van der Waals surface area contributed by atoms with E-state index in [1.165, 1.54) is 20.2 Å². The zero-order valence-corrected chi connectivity index (χ0v) is 21.4. The molecule has 0 radical (unpaired) electrons. The molecule has 3 amide bonds. The molecule has 0 unspecified atom stereocenters. The van der Waals surface area contributed by atoms with Gasteiger partial charge in [-0.1, -0.05) is 6.07 Å². The van der Waals surface area contributed by atoms with Crippen LogP contribution in [0.1, 0.15) is 31.3 Å². The highest BCUT2D eigenvalue weighted by Gasteiger charge is 2.20. The molecule has 14 heteroatoms. The van der Waals surface area contributed by atoms with Gasteiger partial charge in [0.15, 0.2) is 23.1 Å². The van der Waals surface area contributed by atoms with Gasteiger partial charge in [0.1, 0.15) is 18.5 Å². The molecule has 0 bridgehead atoms. The zero-order valence-electron chi connectivity index (χ0n) is 21.4. The Balaban J connectivity index is 1.85. The van der Waals surface area contributed by atoms with E-state index in [4.69, 9.17) is 9.47 Å². The summed E-state index contributed by atoms with van der Waals surface area (Å²) in [4.78, 5) is 40.9. The van der Waals surface area contributed by atoms with Crippen molar-refractivity contribution in [3.8, 4) is 17.1 Å². The van der Waals surface area contributed by atoms with Gasteiger partial charge in [-0.25, -0.2) is 9.78 Å². The van der Waals surface area contributed by atoms with Crippen LogP contribution in [0.15, 0.2) is 30.6 Å². The largest absolute Gasteiger partial charge is 0.494 e. The monoisotopic (exact) mass is 511 g/mol. The Kier molecular flexibility index (Phi) is 8.22. The second-order valence-electron chi connectivity index (χ2n) is 8.73. The molecule has 0 spiro atoms. The van der Waals surface area contributed by atoms with Crippen LogP contribution in [0.3, 0.4) is 0 Å². The number of aromatic nitrogens is 5. The minimum Gasteiger partial charge on any atom is -0.494 e. The third-order valence-corrected chi connectivity index (χ3v) is 4.62. The SMILES string of the molecule is CNC(=O)c1nnc(NC(=O)CNC(=O)OC(C)(C)C)cc1Nc1cccc(-c2ncn(C)n2)c1OC. The van der Waals surface area contributed by atoms with E-state index in [-0.39, 0.29) is 23.7 Å². The van der Waals surface area contributed by atoms with Crippen LogP contribution < -0.4 is 26.0 Å². The highest BCUT2D eigenvalue weighted by atomic mass is 16.6. The van der Waals surface area contributed by atoms with Gasteiger partial charge < -0.3 is 30.7 Å². The van der Waals surface area contributed by atoms with E-state index in [0.29, 0.717) is 22.8 Å². The summed E-state index contributed by atoms with van der Waals surface area (Å²) < 4.78 is 12.3. The summed E-state index contributed by atoms with van der Waals surface area (Å²) in [6.07, 6.45) is 0.832. The van der Waals surface area contributed by atoms with Gasteiger partial charge in [0, 0.05) is 20.2 Å². The quantitative estimate of drug-likeness (QED) is 0.349. The number of methoxy groups -OCH3 is 1. The van der Waals surface area contributed by atoms with Crippen molar-refractivity contribution < 1.29 is 23.9 Å². The molecule has 14 nitrogen and oxygen atoms in total. The lowest BCUT2D eigenvalue weighted by atomic mass is 10.1. The number of amides is 3. The summed E-state index contributed by atoms with van der Waals surface area (Å²) in [5.41, 5.74) is 0.644. The van der Waals surface area contributed by atoms with Gasteiger partial charge >= 0.3 is 6.09 Å². The van der Waals surface area contributed by atoms with Crippen molar-refractivity contribution in [3.63, 3.8) is 0 Å². The molecule has 0 aliphatic heterocycles. The first-order valence-corrected chi connectivity index (χ1v) is 11.2. The third kappa shape index (κ3) is 7.13. The van der Waals surface area contributed by atoms with Crippen molar-refractivity contribution in [1.29, 1.82) is 0 Å². The number of carbonyl (C=O) groups is 3. The van der Waals surface area contributed by atoms with Crippen molar-refractivity contribution in [2.24, 2.45) is 7.05 Å². The summed E-state index contributed by atoms with van der Waals surface area (Å²) in [6, 6.07) is 6.75. The van der Waals surface area contributed by atoms with E-state index < -0.39 is 23.5 Å². The number of rotatable bonds is 8. The van der Waals surface area contributed by atoms with E-state index >= 15 is 0 Å². The molecular weight excluding hydrogens is 482 g/mol. The maximum Gasteiger partial charge on any atom is 0.408 e. The van der Waals surface area contributed by atoms with Crippen LogP contribution in [0.2, 0.25) is 0 Å². The summed E-state index contributed by atoms with van der Waals surface area (Å²) in [6.45, 7) is 4.77. The Hall–Kier alpha value is -4.75. The number of ether oxygens (including phenoxy) is 2.